The Labute approximate surface area is 102 Å². The SMILES string of the molecule is CCC1OC1CC(C)c1cccc(OC)c1O. The standard InChI is InChI=1S/C14H20O3/c1-4-11-13(17-11)8-9(2)10-6-5-7-12(16-3)14(10)15/h5-7,9,11,13,15H,4,8H2,1-3H3. The lowest BCUT2D eigenvalue weighted by molar-refractivity contribution is 0.347. The largest absolute Gasteiger partial charge is 0.504 e. The van der Waals surface area contributed by atoms with E-state index in [0.717, 1.165) is 18.4 Å². The molecule has 0 aromatic heterocycles. The van der Waals surface area contributed by atoms with Crippen LogP contribution in [0.4, 0.5) is 0 Å². The molecule has 2 rings (SSSR count). The summed E-state index contributed by atoms with van der Waals surface area (Å²) in [5.41, 5.74) is 0.940. The molecule has 3 heteroatoms. The summed E-state index contributed by atoms with van der Waals surface area (Å²) in [4.78, 5) is 0. The summed E-state index contributed by atoms with van der Waals surface area (Å²) >= 11 is 0. The van der Waals surface area contributed by atoms with Gasteiger partial charge in [0.05, 0.1) is 19.3 Å². The van der Waals surface area contributed by atoms with E-state index in [2.05, 4.69) is 13.8 Å². The number of rotatable bonds is 5. The number of phenols is 1. The summed E-state index contributed by atoms with van der Waals surface area (Å²) < 4.78 is 10.7. The number of para-hydroxylation sites is 1. The maximum Gasteiger partial charge on any atom is 0.161 e. The highest BCUT2D eigenvalue weighted by molar-refractivity contribution is 5.46. The molecule has 3 atom stereocenters. The van der Waals surface area contributed by atoms with Crippen molar-refractivity contribution in [2.75, 3.05) is 7.11 Å². The van der Waals surface area contributed by atoms with Crippen LogP contribution in [0.25, 0.3) is 0 Å². The first kappa shape index (κ1) is 12.2. The highest BCUT2D eigenvalue weighted by atomic mass is 16.6. The van der Waals surface area contributed by atoms with Crippen LogP contribution in [0.5, 0.6) is 11.5 Å². The van der Waals surface area contributed by atoms with Crippen molar-refractivity contribution in [2.45, 2.75) is 44.8 Å². The third-order valence-electron chi connectivity index (χ3n) is 3.46. The Balaban J connectivity index is 2.06. The zero-order valence-corrected chi connectivity index (χ0v) is 10.6. The quantitative estimate of drug-likeness (QED) is 0.799. The summed E-state index contributed by atoms with van der Waals surface area (Å²) in [6.45, 7) is 4.25. The van der Waals surface area contributed by atoms with Gasteiger partial charge in [0, 0.05) is 5.56 Å². The van der Waals surface area contributed by atoms with Gasteiger partial charge in [-0.25, -0.2) is 0 Å². The molecule has 0 amide bonds. The van der Waals surface area contributed by atoms with Crippen molar-refractivity contribution in [1.82, 2.24) is 0 Å². The fourth-order valence-electron chi connectivity index (χ4n) is 2.32. The van der Waals surface area contributed by atoms with Gasteiger partial charge in [-0.15, -0.1) is 0 Å². The molecule has 1 saturated heterocycles. The summed E-state index contributed by atoms with van der Waals surface area (Å²) in [5, 5.41) is 10.0. The van der Waals surface area contributed by atoms with Crippen LogP contribution in [0.1, 0.15) is 38.2 Å². The van der Waals surface area contributed by atoms with Crippen LogP contribution < -0.4 is 4.74 Å². The van der Waals surface area contributed by atoms with E-state index in [1.807, 2.05) is 12.1 Å². The van der Waals surface area contributed by atoms with Crippen molar-refractivity contribution in [2.24, 2.45) is 0 Å². The first-order valence-electron chi connectivity index (χ1n) is 6.18. The normalized spacial score (nSPS) is 24.4. The van der Waals surface area contributed by atoms with Gasteiger partial charge in [-0.1, -0.05) is 26.0 Å². The highest BCUT2D eigenvalue weighted by Gasteiger charge is 2.38. The maximum absolute atomic E-state index is 10.0. The number of epoxide rings is 1. The molecule has 1 aliphatic heterocycles. The van der Waals surface area contributed by atoms with Gasteiger partial charge in [-0.3, -0.25) is 0 Å². The Morgan fingerprint density at radius 2 is 2.18 bits per heavy atom. The summed E-state index contributed by atoms with van der Waals surface area (Å²) in [5.74, 6) is 1.08. The predicted molar refractivity (Wildman–Crippen MR) is 66.6 cm³/mol. The number of hydrogen-bond acceptors (Lipinski definition) is 3. The molecule has 3 unspecified atom stereocenters. The molecule has 1 aromatic carbocycles. The second-order valence-electron chi connectivity index (χ2n) is 4.66. The predicted octanol–water partition coefficient (Wildman–Crippen LogP) is 3.07. The molecule has 94 valence electrons. The number of ether oxygens (including phenoxy) is 2. The minimum atomic E-state index is 0.260. The molecule has 0 bridgehead atoms. The summed E-state index contributed by atoms with van der Waals surface area (Å²) in [7, 11) is 1.57. The molecule has 1 aliphatic rings. The van der Waals surface area contributed by atoms with Crippen molar-refractivity contribution >= 4 is 0 Å². The van der Waals surface area contributed by atoms with E-state index in [0.29, 0.717) is 18.0 Å². The first-order chi connectivity index (χ1) is 8.17. The number of phenolic OH excluding ortho intramolecular Hbond substituents is 1. The van der Waals surface area contributed by atoms with Gasteiger partial charge in [0.2, 0.25) is 0 Å². The van der Waals surface area contributed by atoms with Crippen molar-refractivity contribution in [1.29, 1.82) is 0 Å². The minimum Gasteiger partial charge on any atom is -0.504 e. The van der Waals surface area contributed by atoms with Gasteiger partial charge in [0.25, 0.3) is 0 Å². The van der Waals surface area contributed by atoms with E-state index in [4.69, 9.17) is 9.47 Å². The van der Waals surface area contributed by atoms with Gasteiger partial charge in [0.15, 0.2) is 11.5 Å². The second kappa shape index (κ2) is 4.96. The smallest absolute Gasteiger partial charge is 0.161 e. The van der Waals surface area contributed by atoms with E-state index >= 15 is 0 Å². The van der Waals surface area contributed by atoms with E-state index in [1.165, 1.54) is 0 Å². The van der Waals surface area contributed by atoms with E-state index in [-0.39, 0.29) is 11.7 Å². The van der Waals surface area contributed by atoms with Gasteiger partial charge in [-0.2, -0.15) is 0 Å². The van der Waals surface area contributed by atoms with Gasteiger partial charge < -0.3 is 14.6 Å². The summed E-state index contributed by atoms with van der Waals surface area (Å²) in [6.07, 6.45) is 2.81. The van der Waals surface area contributed by atoms with Crippen LogP contribution in [0, 0.1) is 0 Å². The van der Waals surface area contributed by atoms with Gasteiger partial charge in [0.1, 0.15) is 0 Å². The van der Waals surface area contributed by atoms with E-state index in [1.54, 1.807) is 13.2 Å². The molecule has 0 radical (unpaired) electrons. The van der Waals surface area contributed by atoms with Crippen molar-refractivity contribution in [3.63, 3.8) is 0 Å². The molecular formula is C14H20O3. The Morgan fingerprint density at radius 3 is 2.76 bits per heavy atom. The number of methoxy groups -OCH3 is 1. The van der Waals surface area contributed by atoms with Crippen LogP contribution in [-0.2, 0) is 4.74 Å². The topological polar surface area (TPSA) is 42.0 Å². The average molecular weight is 236 g/mol. The number of benzene rings is 1. The van der Waals surface area contributed by atoms with Crippen LogP contribution in [-0.4, -0.2) is 24.4 Å². The lowest BCUT2D eigenvalue weighted by atomic mass is 9.94. The minimum absolute atomic E-state index is 0.260. The highest BCUT2D eigenvalue weighted by Crippen LogP contribution is 2.39. The zero-order valence-electron chi connectivity index (χ0n) is 10.6. The van der Waals surface area contributed by atoms with Gasteiger partial charge >= 0.3 is 0 Å². The first-order valence-corrected chi connectivity index (χ1v) is 6.18. The lowest BCUT2D eigenvalue weighted by Gasteiger charge is -2.14. The molecule has 17 heavy (non-hydrogen) atoms. The molecule has 1 fully saturated rings. The molecule has 0 spiro atoms. The average Bonchev–Trinajstić information content (AvgIpc) is 3.07. The van der Waals surface area contributed by atoms with Crippen LogP contribution in [0.3, 0.4) is 0 Å². The summed E-state index contributed by atoms with van der Waals surface area (Å²) in [6, 6.07) is 5.63. The molecule has 1 heterocycles. The Kier molecular flexibility index (Phi) is 3.57. The monoisotopic (exact) mass is 236 g/mol. The Morgan fingerprint density at radius 1 is 1.41 bits per heavy atom. The third-order valence-corrected chi connectivity index (χ3v) is 3.46. The fraction of sp³-hybridized carbons (Fsp3) is 0.571. The van der Waals surface area contributed by atoms with Gasteiger partial charge in [-0.05, 0) is 24.8 Å². The van der Waals surface area contributed by atoms with Crippen molar-refractivity contribution in [3.8, 4) is 11.5 Å². The van der Waals surface area contributed by atoms with Crippen molar-refractivity contribution < 1.29 is 14.6 Å². The van der Waals surface area contributed by atoms with E-state index in [9.17, 15) is 5.11 Å². The Bertz CT molecular complexity index is 389. The second-order valence-corrected chi connectivity index (χ2v) is 4.66. The zero-order chi connectivity index (χ0) is 12.4. The Hall–Kier alpha value is -1.22. The molecule has 1 N–H and O–H groups in total. The molecular weight excluding hydrogens is 216 g/mol. The molecule has 3 nitrogen and oxygen atoms in total. The number of hydrogen-bond donors (Lipinski definition) is 1. The fourth-order valence-corrected chi connectivity index (χ4v) is 2.32. The van der Waals surface area contributed by atoms with E-state index < -0.39 is 0 Å². The number of aromatic hydroxyl groups is 1. The third kappa shape index (κ3) is 2.55. The maximum atomic E-state index is 10.0. The molecule has 1 aromatic rings. The van der Waals surface area contributed by atoms with Crippen LogP contribution in [0.2, 0.25) is 0 Å². The lowest BCUT2D eigenvalue weighted by Crippen LogP contribution is -2.02. The van der Waals surface area contributed by atoms with Crippen LogP contribution >= 0.6 is 0 Å². The van der Waals surface area contributed by atoms with Crippen LogP contribution in [0.15, 0.2) is 18.2 Å². The van der Waals surface area contributed by atoms with Crippen molar-refractivity contribution in [3.05, 3.63) is 23.8 Å². The molecule has 0 aliphatic carbocycles. The molecule has 0 saturated carbocycles.